The van der Waals surface area contributed by atoms with Gasteiger partial charge in [-0.25, -0.2) is 4.98 Å². The Morgan fingerprint density at radius 3 is 2.39 bits per heavy atom. The molecule has 36 heavy (non-hydrogen) atoms. The van der Waals surface area contributed by atoms with Crippen LogP contribution in [0, 0.1) is 6.92 Å². The molecule has 0 bridgehead atoms. The molecule has 1 atom stereocenters. The van der Waals surface area contributed by atoms with Crippen LogP contribution in [0.5, 0.6) is 0 Å². The summed E-state index contributed by atoms with van der Waals surface area (Å²) >= 11 is 13.5. The molecule has 0 spiro atoms. The smallest absolute Gasteiger partial charge is 0.301 e. The minimum absolute atomic E-state index is 0.0357. The molecule has 182 valence electrons. The Kier molecular flexibility index (Phi) is 6.24. The van der Waals surface area contributed by atoms with E-state index in [-0.39, 0.29) is 21.9 Å². The minimum Gasteiger partial charge on any atom is -0.507 e. The highest BCUT2D eigenvalue weighted by molar-refractivity contribution is 7.22. The number of benzene rings is 3. The van der Waals surface area contributed by atoms with E-state index in [1.54, 1.807) is 6.07 Å². The number of fused-ring (bicyclic) bond motifs is 1. The summed E-state index contributed by atoms with van der Waals surface area (Å²) in [7, 11) is 3.85. The molecule has 1 aliphatic rings. The van der Waals surface area contributed by atoms with Gasteiger partial charge < -0.3 is 10.0 Å². The molecule has 9 heteroatoms. The molecule has 1 saturated heterocycles. The normalized spacial score (nSPS) is 17.2. The molecule has 0 radical (unpaired) electrons. The van der Waals surface area contributed by atoms with Crippen molar-refractivity contribution in [2.45, 2.75) is 13.0 Å². The molecule has 1 aliphatic heterocycles. The number of anilines is 2. The molecule has 6 nitrogen and oxygen atoms in total. The maximum atomic E-state index is 13.4. The van der Waals surface area contributed by atoms with Gasteiger partial charge in [-0.1, -0.05) is 52.7 Å². The second-order valence-corrected chi connectivity index (χ2v) is 10.6. The summed E-state index contributed by atoms with van der Waals surface area (Å²) in [6.07, 6.45) is 0. The SMILES string of the molecule is Cc1ccc2nc(N3C(=O)C(=O)/C(=C(/O)c4ccc(Cl)c(Cl)c4)C3c3ccc(N(C)C)cc3)sc2c1. The lowest BCUT2D eigenvalue weighted by atomic mass is 9.95. The Morgan fingerprint density at radius 2 is 1.72 bits per heavy atom. The molecule has 0 saturated carbocycles. The van der Waals surface area contributed by atoms with Gasteiger partial charge in [-0.2, -0.15) is 0 Å². The molecule has 1 fully saturated rings. The molecule has 1 unspecified atom stereocenters. The summed E-state index contributed by atoms with van der Waals surface area (Å²) in [4.78, 5) is 34.8. The number of thiazole rings is 1. The predicted molar refractivity (Wildman–Crippen MR) is 146 cm³/mol. The van der Waals surface area contributed by atoms with E-state index in [4.69, 9.17) is 23.2 Å². The van der Waals surface area contributed by atoms with Crippen LogP contribution in [0.15, 0.2) is 66.2 Å². The average molecular weight is 538 g/mol. The number of halogens is 2. The highest BCUT2D eigenvalue weighted by atomic mass is 35.5. The number of amides is 1. The van der Waals surface area contributed by atoms with Crippen molar-refractivity contribution in [3.05, 3.63) is 93.0 Å². The van der Waals surface area contributed by atoms with Crippen molar-refractivity contribution in [3.63, 3.8) is 0 Å². The summed E-state index contributed by atoms with van der Waals surface area (Å²) in [5, 5.41) is 12.2. The summed E-state index contributed by atoms with van der Waals surface area (Å²) in [6, 6.07) is 17.0. The number of aliphatic hydroxyl groups excluding tert-OH is 1. The number of hydrogen-bond acceptors (Lipinski definition) is 6. The lowest BCUT2D eigenvalue weighted by molar-refractivity contribution is -0.132. The second kappa shape index (κ2) is 9.24. The quantitative estimate of drug-likeness (QED) is 0.180. The first-order valence-electron chi connectivity index (χ1n) is 11.1. The number of Topliss-reactive ketones (excluding diaryl/α,β-unsaturated/α-hetero) is 1. The van der Waals surface area contributed by atoms with Gasteiger partial charge in [0.25, 0.3) is 5.78 Å². The molecular weight excluding hydrogens is 517 g/mol. The zero-order valence-electron chi connectivity index (χ0n) is 19.6. The summed E-state index contributed by atoms with van der Waals surface area (Å²) in [5.74, 6) is -1.88. The first kappa shape index (κ1) is 24.3. The number of ketones is 1. The molecule has 1 aromatic heterocycles. The van der Waals surface area contributed by atoms with Gasteiger partial charge in [0.2, 0.25) is 0 Å². The summed E-state index contributed by atoms with van der Waals surface area (Å²) in [6.45, 7) is 1.98. The average Bonchev–Trinajstić information content (AvgIpc) is 3.38. The Hall–Kier alpha value is -3.39. The number of rotatable bonds is 4. The van der Waals surface area contributed by atoms with Gasteiger partial charge in [0, 0.05) is 25.3 Å². The van der Waals surface area contributed by atoms with Crippen LogP contribution >= 0.6 is 34.5 Å². The highest BCUT2D eigenvalue weighted by Gasteiger charge is 2.48. The van der Waals surface area contributed by atoms with Crippen LogP contribution < -0.4 is 9.80 Å². The van der Waals surface area contributed by atoms with Crippen LogP contribution in [-0.4, -0.2) is 35.9 Å². The molecule has 3 aromatic carbocycles. The number of aryl methyl sites for hydroxylation is 1. The maximum absolute atomic E-state index is 13.4. The number of nitrogens with zero attached hydrogens (tertiary/aromatic N) is 3. The molecule has 2 heterocycles. The molecule has 0 aliphatic carbocycles. The fraction of sp³-hybridized carbons (Fsp3) is 0.148. The van der Waals surface area contributed by atoms with E-state index >= 15 is 0 Å². The van der Waals surface area contributed by atoms with Crippen molar-refractivity contribution in [2.24, 2.45) is 0 Å². The van der Waals surface area contributed by atoms with Crippen LogP contribution in [-0.2, 0) is 9.59 Å². The summed E-state index contributed by atoms with van der Waals surface area (Å²) < 4.78 is 0.901. The number of carbonyl (C=O) groups excluding carboxylic acids is 2. The highest BCUT2D eigenvalue weighted by Crippen LogP contribution is 2.45. The van der Waals surface area contributed by atoms with Crippen molar-refractivity contribution in [1.82, 2.24) is 4.98 Å². The van der Waals surface area contributed by atoms with E-state index < -0.39 is 17.7 Å². The molecule has 5 rings (SSSR count). The van der Waals surface area contributed by atoms with Gasteiger partial charge in [-0.15, -0.1) is 0 Å². The van der Waals surface area contributed by atoms with E-state index in [0.29, 0.717) is 15.7 Å². The van der Waals surface area contributed by atoms with Gasteiger partial charge in [-0.3, -0.25) is 14.5 Å². The van der Waals surface area contributed by atoms with E-state index in [9.17, 15) is 14.7 Å². The van der Waals surface area contributed by atoms with Gasteiger partial charge in [0.1, 0.15) is 5.76 Å². The third-order valence-corrected chi connectivity index (χ3v) is 7.86. The minimum atomic E-state index is -0.877. The van der Waals surface area contributed by atoms with E-state index in [1.165, 1.54) is 28.4 Å². The van der Waals surface area contributed by atoms with Gasteiger partial charge in [0.15, 0.2) is 5.13 Å². The first-order valence-corrected chi connectivity index (χ1v) is 12.6. The molecule has 1 N–H and O–H groups in total. The van der Waals surface area contributed by atoms with Crippen LogP contribution in [0.4, 0.5) is 10.8 Å². The lowest BCUT2D eigenvalue weighted by Gasteiger charge is -2.23. The zero-order valence-corrected chi connectivity index (χ0v) is 21.9. The largest absolute Gasteiger partial charge is 0.507 e. The van der Waals surface area contributed by atoms with Crippen LogP contribution in [0.3, 0.4) is 0 Å². The van der Waals surface area contributed by atoms with Gasteiger partial charge in [-0.05, 0) is 60.5 Å². The van der Waals surface area contributed by atoms with Gasteiger partial charge in [0.05, 0.1) is 31.9 Å². The Bertz CT molecular complexity index is 1560. The Labute approximate surface area is 222 Å². The van der Waals surface area contributed by atoms with Crippen LogP contribution in [0.25, 0.3) is 16.0 Å². The van der Waals surface area contributed by atoms with Crippen molar-refractivity contribution in [2.75, 3.05) is 23.9 Å². The van der Waals surface area contributed by atoms with Crippen LogP contribution in [0.2, 0.25) is 10.0 Å². The fourth-order valence-electron chi connectivity index (χ4n) is 4.22. The number of aromatic nitrogens is 1. The Morgan fingerprint density at radius 1 is 1.00 bits per heavy atom. The lowest BCUT2D eigenvalue weighted by Crippen LogP contribution is -2.29. The first-order chi connectivity index (χ1) is 17.2. The van der Waals surface area contributed by atoms with E-state index in [1.807, 2.05) is 68.4 Å². The molecule has 4 aromatic rings. The number of carbonyl (C=O) groups is 2. The zero-order chi connectivity index (χ0) is 25.7. The molecule has 1 amide bonds. The second-order valence-electron chi connectivity index (χ2n) is 8.75. The van der Waals surface area contributed by atoms with Gasteiger partial charge >= 0.3 is 5.91 Å². The monoisotopic (exact) mass is 537 g/mol. The third-order valence-electron chi connectivity index (χ3n) is 6.10. The topological polar surface area (TPSA) is 73.7 Å². The van der Waals surface area contributed by atoms with Crippen molar-refractivity contribution in [3.8, 4) is 0 Å². The van der Waals surface area contributed by atoms with E-state index in [2.05, 4.69) is 4.98 Å². The predicted octanol–water partition coefficient (Wildman–Crippen LogP) is 6.60. The molecular formula is C27H21Cl2N3O3S. The van der Waals surface area contributed by atoms with Crippen molar-refractivity contribution < 1.29 is 14.7 Å². The van der Waals surface area contributed by atoms with Crippen molar-refractivity contribution in [1.29, 1.82) is 0 Å². The number of hydrogen-bond donors (Lipinski definition) is 1. The van der Waals surface area contributed by atoms with Crippen molar-refractivity contribution >= 4 is 73.0 Å². The fourth-order valence-corrected chi connectivity index (χ4v) is 5.61. The Balaban J connectivity index is 1.72. The third kappa shape index (κ3) is 4.13. The summed E-state index contributed by atoms with van der Waals surface area (Å²) in [5.41, 5.74) is 3.67. The van der Waals surface area contributed by atoms with Crippen LogP contribution in [0.1, 0.15) is 22.7 Å². The number of aliphatic hydroxyl groups is 1. The van der Waals surface area contributed by atoms with E-state index in [0.717, 1.165) is 21.5 Å². The maximum Gasteiger partial charge on any atom is 0.301 e. The standard InChI is InChI=1S/C27H21Cl2N3O3S/c1-14-4-11-20-21(12-14)36-27(30-20)32-23(15-5-8-17(9-6-15)31(2)3)22(25(34)26(32)35)24(33)16-7-10-18(28)19(29)13-16/h4-13,23,33H,1-3H3/b24-22+.